The van der Waals surface area contributed by atoms with Gasteiger partial charge in [-0.1, -0.05) is 12.1 Å². The van der Waals surface area contributed by atoms with Gasteiger partial charge in [0.15, 0.2) is 0 Å². The first-order valence-electron chi connectivity index (χ1n) is 6.51. The Hall–Kier alpha value is -2.63. The highest BCUT2D eigenvalue weighted by Gasteiger charge is 2.14. The van der Waals surface area contributed by atoms with Crippen molar-refractivity contribution < 1.29 is 9.66 Å². The van der Waals surface area contributed by atoms with Crippen LogP contribution in [0.3, 0.4) is 0 Å². The Bertz CT molecular complexity index is 699. The van der Waals surface area contributed by atoms with Gasteiger partial charge in [-0.25, -0.2) is 0 Å². The van der Waals surface area contributed by atoms with E-state index in [4.69, 9.17) is 4.74 Å². The van der Waals surface area contributed by atoms with Gasteiger partial charge >= 0.3 is 0 Å². The molecule has 0 spiro atoms. The Morgan fingerprint density at radius 3 is 2.48 bits per heavy atom. The van der Waals surface area contributed by atoms with E-state index in [1.54, 1.807) is 7.05 Å². The van der Waals surface area contributed by atoms with Gasteiger partial charge in [0, 0.05) is 7.05 Å². The van der Waals surface area contributed by atoms with Crippen molar-refractivity contribution in [3.05, 3.63) is 51.1 Å². The van der Waals surface area contributed by atoms with Crippen molar-refractivity contribution in [1.29, 1.82) is 0 Å². The number of anilines is 1. The van der Waals surface area contributed by atoms with Crippen LogP contribution in [0.1, 0.15) is 16.7 Å². The molecule has 0 saturated carbocycles. The molecule has 110 valence electrons. The summed E-state index contributed by atoms with van der Waals surface area (Å²) in [6.45, 7) is 5.87. The van der Waals surface area contributed by atoms with E-state index in [0.717, 1.165) is 16.7 Å². The summed E-state index contributed by atoms with van der Waals surface area (Å²) in [7, 11) is 1.65. The predicted molar refractivity (Wildman–Crippen MR) is 81.2 cm³/mol. The first-order valence-corrected chi connectivity index (χ1v) is 6.51. The molecule has 0 atom stereocenters. The number of hydrogen-bond acceptors (Lipinski definition) is 5. The van der Waals surface area contributed by atoms with Crippen LogP contribution >= 0.6 is 0 Å². The molecule has 2 aromatic rings. The zero-order valence-electron chi connectivity index (χ0n) is 12.4. The second kappa shape index (κ2) is 5.78. The zero-order valence-corrected chi connectivity index (χ0v) is 12.4. The Labute approximate surface area is 122 Å². The maximum absolute atomic E-state index is 11.0. The molecule has 1 aromatic heterocycles. The molecular formula is C15H17N3O3. The SMILES string of the molecule is CNc1cc([N+](=O)[O-])cc(Oc2c(C)ccc(C)c2C)n1. The first-order chi connectivity index (χ1) is 9.92. The highest BCUT2D eigenvalue weighted by molar-refractivity contribution is 5.51. The molecule has 1 heterocycles. The molecule has 0 aliphatic rings. The molecule has 6 heteroatoms. The van der Waals surface area contributed by atoms with E-state index >= 15 is 0 Å². The van der Waals surface area contributed by atoms with Gasteiger partial charge in [0.1, 0.15) is 11.6 Å². The third-order valence-corrected chi connectivity index (χ3v) is 3.33. The van der Waals surface area contributed by atoms with Crippen LogP contribution in [0, 0.1) is 30.9 Å². The molecule has 2 rings (SSSR count). The number of pyridine rings is 1. The van der Waals surface area contributed by atoms with Crippen LogP contribution in [-0.4, -0.2) is 17.0 Å². The van der Waals surface area contributed by atoms with E-state index in [-0.39, 0.29) is 11.6 Å². The smallest absolute Gasteiger partial charge is 0.278 e. The lowest BCUT2D eigenvalue weighted by molar-refractivity contribution is -0.384. The number of benzene rings is 1. The third-order valence-electron chi connectivity index (χ3n) is 3.33. The lowest BCUT2D eigenvalue weighted by Crippen LogP contribution is -2.00. The maximum atomic E-state index is 11.0. The molecule has 0 bridgehead atoms. The fraction of sp³-hybridized carbons (Fsp3) is 0.267. The van der Waals surface area contributed by atoms with Gasteiger partial charge < -0.3 is 10.1 Å². The Morgan fingerprint density at radius 1 is 1.19 bits per heavy atom. The van der Waals surface area contributed by atoms with E-state index in [2.05, 4.69) is 10.3 Å². The molecule has 1 N–H and O–H groups in total. The number of hydrogen-bond donors (Lipinski definition) is 1. The number of aryl methyl sites for hydroxylation is 2. The fourth-order valence-corrected chi connectivity index (χ4v) is 1.96. The number of rotatable bonds is 4. The van der Waals surface area contributed by atoms with Crippen LogP contribution in [0.4, 0.5) is 11.5 Å². The van der Waals surface area contributed by atoms with Crippen LogP contribution in [-0.2, 0) is 0 Å². The van der Waals surface area contributed by atoms with E-state index in [9.17, 15) is 10.1 Å². The zero-order chi connectivity index (χ0) is 15.6. The summed E-state index contributed by atoms with van der Waals surface area (Å²) in [5.74, 6) is 1.28. The molecule has 1 aromatic carbocycles. The second-order valence-corrected chi connectivity index (χ2v) is 4.81. The van der Waals surface area contributed by atoms with Crippen molar-refractivity contribution in [2.45, 2.75) is 20.8 Å². The average molecular weight is 287 g/mol. The fourth-order valence-electron chi connectivity index (χ4n) is 1.96. The van der Waals surface area contributed by atoms with E-state index in [1.165, 1.54) is 12.1 Å². The number of ether oxygens (including phenoxy) is 1. The number of nitro groups is 1. The average Bonchev–Trinajstić information content (AvgIpc) is 2.47. The van der Waals surface area contributed by atoms with Gasteiger partial charge in [0.25, 0.3) is 5.69 Å². The van der Waals surface area contributed by atoms with Gasteiger partial charge in [0.05, 0.1) is 17.1 Å². The molecule has 0 aliphatic heterocycles. The van der Waals surface area contributed by atoms with E-state index < -0.39 is 4.92 Å². The summed E-state index contributed by atoms with van der Waals surface area (Å²) in [5, 5.41) is 13.7. The normalized spacial score (nSPS) is 10.3. The quantitative estimate of drug-likeness (QED) is 0.684. The highest BCUT2D eigenvalue weighted by atomic mass is 16.6. The molecule has 21 heavy (non-hydrogen) atoms. The largest absolute Gasteiger partial charge is 0.438 e. The molecule has 0 saturated heterocycles. The lowest BCUT2D eigenvalue weighted by atomic mass is 10.1. The van der Waals surface area contributed by atoms with Crippen molar-refractivity contribution in [2.24, 2.45) is 0 Å². The second-order valence-electron chi connectivity index (χ2n) is 4.81. The van der Waals surface area contributed by atoms with Gasteiger partial charge in [-0.3, -0.25) is 10.1 Å². The molecule has 0 amide bonds. The van der Waals surface area contributed by atoms with Crippen LogP contribution in [0.15, 0.2) is 24.3 Å². The maximum Gasteiger partial charge on any atom is 0.278 e. The molecule has 0 aliphatic carbocycles. The van der Waals surface area contributed by atoms with Crippen molar-refractivity contribution >= 4 is 11.5 Å². The van der Waals surface area contributed by atoms with Crippen LogP contribution in [0.5, 0.6) is 11.6 Å². The summed E-state index contributed by atoms with van der Waals surface area (Å²) in [6, 6.07) is 6.65. The van der Waals surface area contributed by atoms with Crippen molar-refractivity contribution in [3.63, 3.8) is 0 Å². The van der Waals surface area contributed by atoms with Crippen molar-refractivity contribution in [3.8, 4) is 11.6 Å². The minimum Gasteiger partial charge on any atom is -0.438 e. The van der Waals surface area contributed by atoms with E-state index in [1.807, 2.05) is 32.9 Å². The Balaban J connectivity index is 2.47. The molecular weight excluding hydrogens is 270 g/mol. The van der Waals surface area contributed by atoms with Crippen LogP contribution in [0.2, 0.25) is 0 Å². The van der Waals surface area contributed by atoms with Crippen molar-refractivity contribution in [1.82, 2.24) is 4.98 Å². The summed E-state index contributed by atoms with van der Waals surface area (Å²) < 4.78 is 5.80. The number of aromatic nitrogens is 1. The summed E-state index contributed by atoms with van der Waals surface area (Å²) in [5.41, 5.74) is 2.98. The Morgan fingerprint density at radius 2 is 1.86 bits per heavy atom. The minimum atomic E-state index is -0.467. The van der Waals surface area contributed by atoms with Crippen LogP contribution < -0.4 is 10.1 Å². The molecule has 6 nitrogen and oxygen atoms in total. The van der Waals surface area contributed by atoms with Gasteiger partial charge in [-0.15, -0.1) is 0 Å². The minimum absolute atomic E-state index is 0.0627. The molecule has 0 radical (unpaired) electrons. The summed E-state index contributed by atoms with van der Waals surface area (Å²) in [4.78, 5) is 14.7. The first kappa shape index (κ1) is 14.8. The summed E-state index contributed by atoms with van der Waals surface area (Å²) >= 11 is 0. The molecule has 0 unspecified atom stereocenters. The summed E-state index contributed by atoms with van der Waals surface area (Å²) in [6.07, 6.45) is 0. The number of nitrogens with one attached hydrogen (secondary N) is 1. The van der Waals surface area contributed by atoms with Gasteiger partial charge in [-0.2, -0.15) is 4.98 Å². The standard InChI is InChI=1S/C15H17N3O3/c1-9-5-6-10(2)15(11(9)3)21-14-8-12(18(19)20)7-13(16-4)17-14/h5-8H,1-4H3,(H,16,17). The topological polar surface area (TPSA) is 77.3 Å². The van der Waals surface area contributed by atoms with Crippen LogP contribution in [0.25, 0.3) is 0 Å². The lowest BCUT2D eigenvalue weighted by Gasteiger charge is -2.13. The van der Waals surface area contributed by atoms with E-state index in [0.29, 0.717) is 11.6 Å². The van der Waals surface area contributed by atoms with Gasteiger partial charge in [-0.05, 0) is 37.5 Å². The third kappa shape index (κ3) is 3.10. The monoisotopic (exact) mass is 287 g/mol. The predicted octanol–water partition coefficient (Wildman–Crippen LogP) is 3.75. The Kier molecular flexibility index (Phi) is 4.07. The van der Waals surface area contributed by atoms with Crippen molar-refractivity contribution in [2.75, 3.05) is 12.4 Å². The van der Waals surface area contributed by atoms with Gasteiger partial charge in [0.2, 0.25) is 5.88 Å². The number of nitrogens with zero attached hydrogens (tertiary/aromatic N) is 2. The highest BCUT2D eigenvalue weighted by Crippen LogP contribution is 2.32. The molecule has 0 fully saturated rings.